The summed E-state index contributed by atoms with van der Waals surface area (Å²) in [5, 5.41) is 3.46. The van der Waals surface area contributed by atoms with E-state index in [0.29, 0.717) is 12.6 Å². The Labute approximate surface area is 130 Å². The van der Waals surface area contributed by atoms with E-state index in [2.05, 4.69) is 59.4 Å². The van der Waals surface area contributed by atoms with Crippen molar-refractivity contribution in [3.63, 3.8) is 0 Å². The van der Waals surface area contributed by atoms with Gasteiger partial charge in [-0.1, -0.05) is 41.9 Å². The molecular formula is C16H24BrNO2. The first kappa shape index (κ1) is 16.0. The molecule has 1 aliphatic rings. The van der Waals surface area contributed by atoms with Gasteiger partial charge >= 0.3 is 0 Å². The highest BCUT2D eigenvalue weighted by Gasteiger charge is 2.19. The Kier molecular flexibility index (Phi) is 6.49. The fourth-order valence-corrected chi connectivity index (χ4v) is 2.56. The van der Waals surface area contributed by atoms with Gasteiger partial charge in [0.05, 0.1) is 18.8 Å². The van der Waals surface area contributed by atoms with Crippen LogP contribution in [0.1, 0.15) is 38.4 Å². The molecule has 112 valence electrons. The molecule has 2 rings (SSSR count). The Morgan fingerprint density at radius 1 is 1.35 bits per heavy atom. The van der Waals surface area contributed by atoms with Gasteiger partial charge in [-0.3, -0.25) is 0 Å². The topological polar surface area (TPSA) is 30.5 Å². The molecule has 0 bridgehead atoms. The highest BCUT2D eigenvalue weighted by atomic mass is 79.9. The van der Waals surface area contributed by atoms with E-state index < -0.39 is 0 Å². The van der Waals surface area contributed by atoms with Crippen LogP contribution in [-0.4, -0.2) is 31.9 Å². The SMILES string of the molecule is CC(C)NCC(OCC1CCCO1)c1ccc(Br)cc1. The molecule has 20 heavy (non-hydrogen) atoms. The fourth-order valence-electron chi connectivity index (χ4n) is 2.29. The van der Waals surface area contributed by atoms with Gasteiger partial charge < -0.3 is 14.8 Å². The van der Waals surface area contributed by atoms with E-state index in [1.807, 2.05) is 0 Å². The molecule has 1 N–H and O–H groups in total. The number of benzene rings is 1. The molecule has 0 spiro atoms. The van der Waals surface area contributed by atoms with Crippen LogP contribution >= 0.6 is 15.9 Å². The van der Waals surface area contributed by atoms with Gasteiger partial charge in [0.1, 0.15) is 0 Å². The predicted molar refractivity (Wildman–Crippen MR) is 84.9 cm³/mol. The maximum absolute atomic E-state index is 6.10. The predicted octanol–water partition coefficient (Wildman–Crippen LogP) is 3.68. The van der Waals surface area contributed by atoms with E-state index >= 15 is 0 Å². The van der Waals surface area contributed by atoms with E-state index in [1.165, 1.54) is 5.56 Å². The van der Waals surface area contributed by atoms with E-state index in [1.54, 1.807) is 0 Å². The largest absolute Gasteiger partial charge is 0.376 e. The van der Waals surface area contributed by atoms with E-state index in [-0.39, 0.29) is 12.2 Å². The molecular weight excluding hydrogens is 318 g/mol. The van der Waals surface area contributed by atoms with Gasteiger partial charge in [-0.15, -0.1) is 0 Å². The third kappa shape index (κ3) is 5.17. The Hall–Kier alpha value is -0.420. The average molecular weight is 342 g/mol. The number of hydrogen-bond donors (Lipinski definition) is 1. The number of nitrogens with one attached hydrogen (secondary N) is 1. The lowest BCUT2D eigenvalue weighted by atomic mass is 10.1. The Morgan fingerprint density at radius 2 is 2.10 bits per heavy atom. The van der Waals surface area contributed by atoms with Gasteiger partial charge in [-0.05, 0) is 30.5 Å². The van der Waals surface area contributed by atoms with Gasteiger partial charge in [-0.2, -0.15) is 0 Å². The summed E-state index contributed by atoms with van der Waals surface area (Å²) >= 11 is 3.47. The van der Waals surface area contributed by atoms with Crippen LogP contribution in [0.5, 0.6) is 0 Å². The third-order valence-electron chi connectivity index (χ3n) is 3.46. The van der Waals surface area contributed by atoms with Crippen molar-refractivity contribution in [1.82, 2.24) is 5.32 Å². The monoisotopic (exact) mass is 341 g/mol. The first-order valence-electron chi connectivity index (χ1n) is 7.37. The van der Waals surface area contributed by atoms with Crippen molar-refractivity contribution < 1.29 is 9.47 Å². The van der Waals surface area contributed by atoms with Gasteiger partial charge in [0, 0.05) is 23.7 Å². The van der Waals surface area contributed by atoms with Crippen LogP contribution in [0.2, 0.25) is 0 Å². The van der Waals surface area contributed by atoms with Gasteiger partial charge in [0.15, 0.2) is 0 Å². The summed E-state index contributed by atoms with van der Waals surface area (Å²) in [5.41, 5.74) is 1.21. The Morgan fingerprint density at radius 3 is 2.70 bits per heavy atom. The molecule has 2 atom stereocenters. The maximum atomic E-state index is 6.10. The van der Waals surface area contributed by atoms with Crippen LogP contribution in [-0.2, 0) is 9.47 Å². The van der Waals surface area contributed by atoms with Gasteiger partial charge in [0.25, 0.3) is 0 Å². The summed E-state index contributed by atoms with van der Waals surface area (Å²) in [7, 11) is 0. The molecule has 1 aromatic carbocycles. The molecule has 0 aliphatic carbocycles. The second-order valence-electron chi connectivity index (χ2n) is 5.57. The van der Waals surface area contributed by atoms with Crippen LogP contribution in [0.3, 0.4) is 0 Å². The lowest BCUT2D eigenvalue weighted by Crippen LogP contribution is -2.30. The van der Waals surface area contributed by atoms with Crippen molar-refractivity contribution >= 4 is 15.9 Å². The summed E-state index contributed by atoms with van der Waals surface area (Å²) in [5.74, 6) is 0. The van der Waals surface area contributed by atoms with Crippen molar-refractivity contribution in [3.05, 3.63) is 34.3 Å². The molecule has 3 nitrogen and oxygen atoms in total. The lowest BCUT2D eigenvalue weighted by molar-refractivity contribution is -0.0214. The molecule has 4 heteroatoms. The number of rotatable bonds is 7. The summed E-state index contributed by atoms with van der Waals surface area (Å²) in [6.45, 7) is 6.69. The van der Waals surface area contributed by atoms with E-state index in [9.17, 15) is 0 Å². The second-order valence-corrected chi connectivity index (χ2v) is 6.49. The molecule has 0 aromatic heterocycles. The van der Waals surface area contributed by atoms with Crippen molar-refractivity contribution in [2.45, 2.75) is 44.9 Å². The van der Waals surface area contributed by atoms with E-state index in [4.69, 9.17) is 9.47 Å². The standard InChI is InChI=1S/C16H24BrNO2/c1-12(2)18-10-16(13-5-7-14(17)8-6-13)20-11-15-4-3-9-19-15/h5-8,12,15-16,18H,3-4,9-11H2,1-2H3. The first-order chi connectivity index (χ1) is 9.65. The first-order valence-corrected chi connectivity index (χ1v) is 8.16. The van der Waals surface area contributed by atoms with E-state index in [0.717, 1.165) is 30.5 Å². The normalized spacial score (nSPS) is 20.5. The van der Waals surface area contributed by atoms with Crippen molar-refractivity contribution in [3.8, 4) is 0 Å². The molecule has 1 heterocycles. The quantitative estimate of drug-likeness (QED) is 0.820. The lowest BCUT2D eigenvalue weighted by Gasteiger charge is -2.22. The molecule has 1 fully saturated rings. The smallest absolute Gasteiger partial charge is 0.0950 e. The fraction of sp³-hybridized carbons (Fsp3) is 0.625. The highest BCUT2D eigenvalue weighted by Crippen LogP contribution is 2.22. The molecule has 2 unspecified atom stereocenters. The molecule has 1 saturated heterocycles. The average Bonchev–Trinajstić information content (AvgIpc) is 2.93. The van der Waals surface area contributed by atoms with Crippen molar-refractivity contribution in [1.29, 1.82) is 0 Å². The summed E-state index contributed by atoms with van der Waals surface area (Å²) in [6.07, 6.45) is 2.62. The zero-order valence-corrected chi connectivity index (χ0v) is 13.9. The van der Waals surface area contributed by atoms with Gasteiger partial charge in [-0.25, -0.2) is 0 Å². The zero-order chi connectivity index (χ0) is 14.4. The van der Waals surface area contributed by atoms with Gasteiger partial charge in [0.2, 0.25) is 0 Å². The molecule has 1 aromatic rings. The number of ether oxygens (including phenoxy) is 2. The minimum absolute atomic E-state index is 0.0784. The Bertz CT molecular complexity index is 388. The molecule has 0 saturated carbocycles. The molecule has 0 radical (unpaired) electrons. The Balaban J connectivity index is 1.93. The maximum Gasteiger partial charge on any atom is 0.0950 e. The minimum Gasteiger partial charge on any atom is -0.376 e. The summed E-state index contributed by atoms with van der Waals surface area (Å²) in [6, 6.07) is 8.82. The van der Waals surface area contributed by atoms with Crippen LogP contribution in [0.15, 0.2) is 28.7 Å². The zero-order valence-electron chi connectivity index (χ0n) is 12.3. The third-order valence-corrected chi connectivity index (χ3v) is 3.99. The van der Waals surface area contributed by atoms with Crippen LogP contribution in [0.25, 0.3) is 0 Å². The minimum atomic E-state index is 0.0784. The van der Waals surface area contributed by atoms with Crippen molar-refractivity contribution in [2.24, 2.45) is 0 Å². The van der Waals surface area contributed by atoms with Crippen LogP contribution in [0, 0.1) is 0 Å². The summed E-state index contributed by atoms with van der Waals surface area (Å²) < 4.78 is 12.8. The van der Waals surface area contributed by atoms with Crippen LogP contribution < -0.4 is 5.32 Å². The highest BCUT2D eigenvalue weighted by molar-refractivity contribution is 9.10. The second kappa shape index (κ2) is 8.13. The van der Waals surface area contributed by atoms with Crippen molar-refractivity contribution in [2.75, 3.05) is 19.8 Å². The number of halogens is 1. The molecule has 1 aliphatic heterocycles. The number of hydrogen-bond acceptors (Lipinski definition) is 3. The van der Waals surface area contributed by atoms with Crippen LogP contribution in [0.4, 0.5) is 0 Å². The molecule has 0 amide bonds. The summed E-state index contributed by atoms with van der Waals surface area (Å²) in [4.78, 5) is 0.